The van der Waals surface area contributed by atoms with Crippen molar-refractivity contribution in [1.82, 2.24) is 0 Å². The number of terminal acetylenes is 1. The smallest absolute Gasteiger partial charge is 0.416 e. The van der Waals surface area contributed by atoms with Crippen molar-refractivity contribution in [2.75, 3.05) is 5.32 Å². The molecule has 0 spiro atoms. The normalized spacial score (nSPS) is 18.4. The summed E-state index contributed by atoms with van der Waals surface area (Å²) < 4.78 is 44.2. The Morgan fingerprint density at radius 1 is 1.23 bits per heavy atom. The van der Waals surface area contributed by atoms with Crippen LogP contribution in [0, 0.1) is 12.3 Å². The van der Waals surface area contributed by atoms with Crippen molar-refractivity contribution in [3.63, 3.8) is 0 Å². The number of hydrogen-bond acceptors (Lipinski definition) is 4. The van der Waals surface area contributed by atoms with Crippen LogP contribution in [0.2, 0.25) is 0 Å². The summed E-state index contributed by atoms with van der Waals surface area (Å²) in [4.78, 5) is 24.4. The van der Waals surface area contributed by atoms with Crippen LogP contribution in [0.4, 0.5) is 18.9 Å². The van der Waals surface area contributed by atoms with E-state index >= 15 is 0 Å². The highest BCUT2D eigenvalue weighted by atomic mass is 19.4. The second-order valence-electron chi connectivity index (χ2n) is 7.94. The minimum atomic E-state index is -4.50. The van der Waals surface area contributed by atoms with Gasteiger partial charge in [0.05, 0.1) is 11.1 Å². The first-order valence-electron chi connectivity index (χ1n) is 9.56. The maximum atomic E-state index is 13.1. The zero-order valence-corrected chi connectivity index (χ0v) is 16.3. The fourth-order valence-electron chi connectivity index (χ4n) is 3.88. The molecule has 31 heavy (non-hydrogen) atoms. The van der Waals surface area contributed by atoms with Gasteiger partial charge in [-0.15, -0.1) is 6.42 Å². The molecule has 1 aliphatic carbocycles. The Balaban J connectivity index is 1.55. The van der Waals surface area contributed by atoms with Crippen molar-refractivity contribution in [2.45, 2.75) is 43.1 Å². The fraction of sp³-hybridized carbons (Fsp3) is 0.304. The lowest BCUT2D eigenvalue weighted by atomic mass is 9.82. The Morgan fingerprint density at radius 2 is 1.97 bits per heavy atom. The molecule has 1 atom stereocenters. The molecule has 160 valence electrons. The average Bonchev–Trinajstić information content (AvgIpc) is 3.42. The first kappa shape index (κ1) is 20.9. The van der Waals surface area contributed by atoms with E-state index in [1.807, 2.05) is 0 Å². The number of cyclic esters (lactones) is 1. The molecule has 0 radical (unpaired) electrons. The number of rotatable bonds is 5. The summed E-state index contributed by atoms with van der Waals surface area (Å²) in [7, 11) is 0. The third kappa shape index (κ3) is 3.89. The maximum Gasteiger partial charge on any atom is 0.416 e. The minimum absolute atomic E-state index is 0.0793. The van der Waals surface area contributed by atoms with E-state index < -0.39 is 34.6 Å². The van der Waals surface area contributed by atoms with Crippen LogP contribution in [-0.2, 0) is 27.7 Å². The van der Waals surface area contributed by atoms with Crippen LogP contribution in [0.25, 0.3) is 0 Å². The van der Waals surface area contributed by atoms with Crippen molar-refractivity contribution >= 4 is 17.6 Å². The molecule has 1 unspecified atom stereocenters. The first-order chi connectivity index (χ1) is 14.6. The Bertz CT molecular complexity index is 1110. The number of carbonyl (C=O) groups excluding carboxylic acids is 2. The second-order valence-corrected chi connectivity index (χ2v) is 7.94. The molecule has 1 amide bonds. The van der Waals surface area contributed by atoms with Crippen LogP contribution in [0.1, 0.15) is 46.3 Å². The summed E-state index contributed by atoms with van der Waals surface area (Å²) in [5.74, 6) is 0.795. The Morgan fingerprint density at radius 3 is 2.61 bits per heavy atom. The molecule has 2 aromatic carbocycles. The van der Waals surface area contributed by atoms with E-state index in [2.05, 4.69) is 11.2 Å². The molecule has 1 aliphatic heterocycles. The quantitative estimate of drug-likeness (QED) is 0.560. The van der Waals surface area contributed by atoms with Gasteiger partial charge in [0.2, 0.25) is 5.60 Å². The Kier molecular flexibility index (Phi) is 4.82. The molecular formula is C23H18F3NO4. The lowest BCUT2D eigenvalue weighted by Gasteiger charge is -2.27. The molecule has 5 nitrogen and oxygen atoms in total. The van der Waals surface area contributed by atoms with Gasteiger partial charge < -0.3 is 15.2 Å². The number of benzene rings is 2. The van der Waals surface area contributed by atoms with Gasteiger partial charge >= 0.3 is 12.1 Å². The molecule has 0 bridgehead atoms. The standard InChI is InChI=1S/C23H18F3NO4/c1-2-22(30,20(29)27-17-6-7-18-14(10-17)12-31-19(18)28)13-21(8-9-21)15-4-3-5-16(11-15)23(24,25)26/h1,3-7,10-11,30H,8-9,12-13H2,(H,27,29). The number of aliphatic hydroxyl groups is 1. The van der Waals surface area contributed by atoms with Crippen molar-refractivity contribution in [3.8, 4) is 12.3 Å². The highest BCUT2D eigenvalue weighted by molar-refractivity contribution is 6.00. The van der Waals surface area contributed by atoms with E-state index in [9.17, 15) is 27.9 Å². The molecule has 8 heteroatoms. The van der Waals surface area contributed by atoms with Crippen LogP contribution >= 0.6 is 0 Å². The van der Waals surface area contributed by atoms with Gasteiger partial charge in [0.15, 0.2) is 0 Å². The van der Waals surface area contributed by atoms with E-state index in [1.165, 1.54) is 18.2 Å². The summed E-state index contributed by atoms with van der Waals surface area (Å²) in [5.41, 5.74) is -2.13. The summed E-state index contributed by atoms with van der Waals surface area (Å²) in [6.45, 7) is 0.0793. The summed E-state index contributed by atoms with van der Waals surface area (Å²) in [6, 6.07) is 9.41. The largest absolute Gasteiger partial charge is 0.457 e. The average molecular weight is 429 g/mol. The number of hydrogen-bond donors (Lipinski definition) is 2. The number of halogens is 3. The molecule has 1 saturated carbocycles. The Labute approximate surface area is 176 Å². The van der Waals surface area contributed by atoms with Crippen molar-refractivity contribution in [3.05, 3.63) is 64.7 Å². The third-order valence-electron chi connectivity index (χ3n) is 5.81. The molecule has 1 fully saturated rings. The number of amides is 1. The summed E-state index contributed by atoms with van der Waals surface area (Å²) in [5, 5.41) is 13.4. The highest BCUT2D eigenvalue weighted by Crippen LogP contribution is 2.54. The van der Waals surface area contributed by atoms with Gasteiger partial charge in [-0.3, -0.25) is 4.79 Å². The molecule has 4 rings (SSSR count). The number of fused-ring (bicyclic) bond motifs is 1. The zero-order chi connectivity index (χ0) is 22.4. The monoisotopic (exact) mass is 429 g/mol. The number of ether oxygens (including phenoxy) is 1. The summed E-state index contributed by atoms with van der Waals surface area (Å²) >= 11 is 0. The van der Waals surface area contributed by atoms with Crippen molar-refractivity contribution in [1.29, 1.82) is 0 Å². The van der Waals surface area contributed by atoms with Crippen LogP contribution in [-0.4, -0.2) is 22.6 Å². The zero-order valence-electron chi connectivity index (χ0n) is 16.3. The van der Waals surface area contributed by atoms with E-state index in [-0.39, 0.29) is 13.0 Å². The SMILES string of the molecule is C#CC(O)(CC1(c2cccc(C(F)(F)F)c2)CC1)C(=O)Nc1ccc2c(c1)COC2=O. The number of esters is 1. The molecule has 1 heterocycles. The molecule has 2 N–H and O–H groups in total. The number of alkyl halides is 3. The number of nitrogens with one attached hydrogen (secondary N) is 1. The maximum absolute atomic E-state index is 13.1. The molecule has 2 aliphatic rings. The number of carbonyl (C=O) groups is 2. The van der Waals surface area contributed by atoms with Crippen LogP contribution in [0.3, 0.4) is 0 Å². The Hall–Kier alpha value is -3.31. The second kappa shape index (κ2) is 7.13. The molecule has 0 saturated heterocycles. The first-order valence-corrected chi connectivity index (χ1v) is 9.56. The predicted molar refractivity (Wildman–Crippen MR) is 105 cm³/mol. The van der Waals surface area contributed by atoms with E-state index in [1.54, 1.807) is 12.1 Å². The van der Waals surface area contributed by atoms with Crippen molar-refractivity contribution in [2.24, 2.45) is 0 Å². The predicted octanol–water partition coefficient (Wildman–Crippen LogP) is 3.80. The van der Waals surface area contributed by atoms with Gasteiger partial charge in [-0.2, -0.15) is 13.2 Å². The highest BCUT2D eigenvalue weighted by Gasteiger charge is 2.52. The van der Waals surface area contributed by atoms with E-state index in [4.69, 9.17) is 11.2 Å². The molecule has 2 aromatic rings. The lowest BCUT2D eigenvalue weighted by Crippen LogP contribution is -2.44. The van der Waals surface area contributed by atoms with Crippen LogP contribution in [0.5, 0.6) is 0 Å². The van der Waals surface area contributed by atoms with Gasteiger partial charge in [0, 0.05) is 17.7 Å². The van der Waals surface area contributed by atoms with E-state index in [0.29, 0.717) is 35.2 Å². The van der Waals surface area contributed by atoms with Gasteiger partial charge in [0.25, 0.3) is 5.91 Å². The number of anilines is 1. The van der Waals surface area contributed by atoms with Gasteiger partial charge in [-0.25, -0.2) is 4.79 Å². The van der Waals surface area contributed by atoms with Gasteiger partial charge in [0.1, 0.15) is 6.61 Å². The topological polar surface area (TPSA) is 75.6 Å². The lowest BCUT2D eigenvalue weighted by molar-refractivity contribution is -0.137. The minimum Gasteiger partial charge on any atom is -0.457 e. The van der Waals surface area contributed by atoms with Gasteiger partial charge in [-0.1, -0.05) is 24.1 Å². The van der Waals surface area contributed by atoms with E-state index in [0.717, 1.165) is 12.1 Å². The van der Waals surface area contributed by atoms with Gasteiger partial charge in [-0.05, 0) is 48.1 Å². The van der Waals surface area contributed by atoms with Crippen LogP contribution in [0.15, 0.2) is 42.5 Å². The van der Waals surface area contributed by atoms with Crippen molar-refractivity contribution < 1.29 is 32.6 Å². The third-order valence-corrected chi connectivity index (χ3v) is 5.81. The molecular weight excluding hydrogens is 411 g/mol. The summed E-state index contributed by atoms with van der Waals surface area (Å²) in [6.07, 6.45) is 1.78. The fourth-order valence-corrected chi connectivity index (χ4v) is 3.88. The molecule has 0 aromatic heterocycles. The van der Waals surface area contributed by atoms with Crippen LogP contribution < -0.4 is 5.32 Å².